The van der Waals surface area contributed by atoms with E-state index in [0.29, 0.717) is 13.0 Å². The minimum atomic E-state index is -0.819. The van der Waals surface area contributed by atoms with Crippen LogP contribution >= 0.6 is 11.8 Å². The van der Waals surface area contributed by atoms with Crippen molar-refractivity contribution in [3.63, 3.8) is 0 Å². The topological polar surface area (TPSA) is 61.8 Å². The smallest absolute Gasteiger partial charge is 0.320 e. The maximum atomic E-state index is 11.9. The van der Waals surface area contributed by atoms with Crippen molar-refractivity contribution in [3.05, 3.63) is 0 Å². The molecule has 2 heterocycles. The Bertz CT molecular complexity index is 343. The number of esters is 2. The molecule has 1 atom stereocenters. The standard InChI is InChI=1S/C14H22O5S/c1-17-12(15)11(13(16)18-2)10-3-6-19-14(9-10)4-7-20-8-5-14/h10-11H,3-9H2,1-2H3. The largest absolute Gasteiger partial charge is 0.468 e. The molecule has 0 aromatic rings. The van der Waals surface area contributed by atoms with Crippen molar-refractivity contribution in [1.82, 2.24) is 0 Å². The summed E-state index contributed by atoms with van der Waals surface area (Å²) in [5.41, 5.74) is -0.158. The molecule has 2 saturated heterocycles. The number of rotatable bonds is 3. The Hall–Kier alpha value is -0.750. The third kappa shape index (κ3) is 3.28. The van der Waals surface area contributed by atoms with E-state index in [9.17, 15) is 9.59 Å². The van der Waals surface area contributed by atoms with Gasteiger partial charge in [-0.2, -0.15) is 11.8 Å². The number of ether oxygens (including phenoxy) is 3. The van der Waals surface area contributed by atoms with Crippen LogP contribution in [-0.4, -0.2) is 49.9 Å². The van der Waals surface area contributed by atoms with E-state index in [1.165, 1.54) is 14.2 Å². The maximum absolute atomic E-state index is 11.9. The molecule has 6 heteroatoms. The molecule has 2 rings (SSSR count). The van der Waals surface area contributed by atoms with Crippen LogP contribution in [0.2, 0.25) is 0 Å². The fourth-order valence-electron chi connectivity index (χ4n) is 3.18. The van der Waals surface area contributed by atoms with Gasteiger partial charge in [0.05, 0.1) is 19.8 Å². The Morgan fingerprint density at radius 2 is 1.80 bits per heavy atom. The Balaban J connectivity index is 2.12. The maximum Gasteiger partial charge on any atom is 0.320 e. The molecule has 0 N–H and O–H groups in total. The van der Waals surface area contributed by atoms with Gasteiger partial charge in [-0.05, 0) is 43.1 Å². The van der Waals surface area contributed by atoms with Gasteiger partial charge in [0, 0.05) is 6.61 Å². The second-order valence-corrected chi connectivity index (χ2v) is 6.65. The Morgan fingerprint density at radius 1 is 1.20 bits per heavy atom. The first-order valence-electron chi connectivity index (χ1n) is 6.99. The zero-order valence-corrected chi connectivity index (χ0v) is 12.9. The second-order valence-electron chi connectivity index (χ2n) is 5.42. The van der Waals surface area contributed by atoms with E-state index in [1.54, 1.807) is 0 Å². The highest BCUT2D eigenvalue weighted by molar-refractivity contribution is 7.99. The lowest BCUT2D eigenvalue weighted by atomic mass is 9.76. The Morgan fingerprint density at radius 3 is 2.35 bits per heavy atom. The lowest BCUT2D eigenvalue weighted by Gasteiger charge is -2.44. The minimum Gasteiger partial charge on any atom is -0.468 e. The fourth-order valence-corrected chi connectivity index (χ4v) is 4.41. The van der Waals surface area contributed by atoms with Crippen LogP contribution in [0.4, 0.5) is 0 Å². The molecule has 0 amide bonds. The van der Waals surface area contributed by atoms with Crippen molar-refractivity contribution in [2.45, 2.75) is 31.3 Å². The van der Waals surface area contributed by atoms with Crippen molar-refractivity contribution < 1.29 is 23.8 Å². The first kappa shape index (κ1) is 15.6. The second kappa shape index (κ2) is 6.80. The molecule has 20 heavy (non-hydrogen) atoms. The molecular weight excluding hydrogens is 280 g/mol. The third-order valence-corrected chi connectivity index (χ3v) is 5.30. The van der Waals surface area contributed by atoms with Gasteiger partial charge in [-0.3, -0.25) is 9.59 Å². The summed E-state index contributed by atoms with van der Waals surface area (Å²) in [6, 6.07) is 0. The summed E-state index contributed by atoms with van der Waals surface area (Å²) in [5, 5.41) is 0. The lowest BCUT2D eigenvalue weighted by Crippen LogP contribution is -2.47. The van der Waals surface area contributed by atoms with Crippen molar-refractivity contribution in [2.24, 2.45) is 11.8 Å². The van der Waals surface area contributed by atoms with Gasteiger partial charge in [0.2, 0.25) is 0 Å². The van der Waals surface area contributed by atoms with Gasteiger partial charge >= 0.3 is 11.9 Å². The number of thioether (sulfide) groups is 1. The van der Waals surface area contributed by atoms with E-state index in [-0.39, 0.29) is 11.5 Å². The molecule has 1 unspecified atom stereocenters. The predicted molar refractivity (Wildman–Crippen MR) is 75.5 cm³/mol. The molecule has 0 aromatic heterocycles. The zero-order chi connectivity index (χ0) is 14.6. The predicted octanol–water partition coefficient (Wildman–Crippen LogP) is 1.64. The van der Waals surface area contributed by atoms with Gasteiger partial charge in [0.1, 0.15) is 0 Å². The van der Waals surface area contributed by atoms with E-state index in [0.717, 1.165) is 30.8 Å². The van der Waals surface area contributed by atoms with Gasteiger partial charge in [-0.25, -0.2) is 0 Å². The van der Waals surface area contributed by atoms with Crippen molar-refractivity contribution >= 4 is 23.7 Å². The van der Waals surface area contributed by atoms with E-state index >= 15 is 0 Å². The fraction of sp³-hybridized carbons (Fsp3) is 0.857. The minimum absolute atomic E-state index is 0.0493. The first-order chi connectivity index (χ1) is 9.62. The van der Waals surface area contributed by atoms with E-state index in [4.69, 9.17) is 14.2 Å². The van der Waals surface area contributed by atoms with Crippen LogP contribution in [0.15, 0.2) is 0 Å². The summed E-state index contributed by atoms with van der Waals surface area (Å²) in [4.78, 5) is 23.8. The van der Waals surface area contributed by atoms with Crippen LogP contribution in [0.3, 0.4) is 0 Å². The average molecular weight is 302 g/mol. The van der Waals surface area contributed by atoms with Crippen LogP contribution in [0, 0.1) is 11.8 Å². The van der Waals surface area contributed by atoms with Crippen molar-refractivity contribution in [2.75, 3.05) is 32.3 Å². The average Bonchev–Trinajstić information content (AvgIpc) is 2.48. The zero-order valence-electron chi connectivity index (χ0n) is 12.1. The monoisotopic (exact) mass is 302 g/mol. The molecule has 0 saturated carbocycles. The van der Waals surface area contributed by atoms with Crippen LogP contribution in [0.25, 0.3) is 0 Å². The van der Waals surface area contributed by atoms with Crippen molar-refractivity contribution in [1.29, 1.82) is 0 Å². The molecule has 5 nitrogen and oxygen atoms in total. The molecule has 2 fully saturated rings. The number of hydrogen-bond donors (Lipinski definition) is 0. The molecule has 0 aromatic carbocycles. The number of carbonyl (C=O) groups excluding carboxylic acids is 2. The van der Waals surface area contributed by atoms with Gasteiger partial charge in [0.15, 0.2) is 5.92 Å². The lowest BCUT2D eigenvalue weighted by molar-refractivity contribution is -0.168. The molecule has 2 aliphatic rings. The molecule has 0 aliphatic carbocycles. The SMILES string of the molecule is COC(=O)C(C(=O)OC)C1CCOC2(CCSCC2)C1. The molecule has 1 spiro atoms. The summed E-state index contributed by atoms with van der Waals surface area (Å²) < 4.78 is 15.6. The van der Waals surface area contributed by atoms with Crippen LogP contribution < -0.4 is 0 Å². The van der Waals surface area contributed by atoms with E-state index in [1.807, 2.05) is 11.8 Å². The van der Waals surface area contributed by atoms with Crippen molar-refractivity contribution in [3.8, 4) is 0 Å². The van der Waals surface area contributed by atoms with E-state index in [2.05, 4.69) is 0 Å². The van der Waals surface area contributed by atoms with Crippen LogP contribution in [0.1, 0.15) is 25.7 Å². The number of hydrogen-bond acceptors (Lipinski definition) is 6. The molecule has 0 bridgehead atoms. The summed E-state index contributed by atoms with van der Waals surface area (Å²) in [6.07, 6.45) is 3.42. The Labute approximate surface area is 123 Å². The summed E-state index contributed by atoms with van der Waals surface area (Å²) in [7, 11) is 2.62. The van der Waals surface area contributed by atoms with Crippen LogP contribution in [-0.2, 0) is 23.8 Å². The normalized spacial score (nSPS) is 25.4. The number of carbonyl (C=O) groups is 2. The number of methoxy groups -OCH3 is 2. The summed E-state index contributed by atoms with van der Waals surface area (Å²) in [6.45, 7) is 0.597. The quantitative estimate of drug-likeness (QED) is 0.583. The first-order valence-corrected chi connectivity index (χ1v) is 8.15. The van der Waals surface area contributed by atoms with Crippen LogP contribution in [0.5, 0.6) is 0 Å². The molecule has 114 valence electrons. The summed E-state index contributed by atoms with van der Waals surface area (Å²) >= 11 is 1.93. The highest BCUT2D eigenvalue weighted by Gasteiger charge is 2.45. The van der Waals surface area contributed by atoms with Gasteiger partial charge in [-0.15, -0.1) is 0 Å². The Kier molecular flexibility index (Phi) is 5.32. The molecular formula is C14H22O5S. The molecule has 2 aliphatic heterocycles. The highest BCUT2D eigenvalue weighted by Crippen LogP contribution is 2.42. The van der Waals surface area contributed by atoms with Gasteiger partial charge < -0.3 is 14.2 Å². The highest BCUT2D eigenvalue weighted by atomic mass is 32.2. The third-order valence-electron chi connectivity index (χ3n) is 4.32. The molecule has 0 radical (unpaired) electrons. The van der Waals surface area contributed by atoms with Gasteiger partial charge in [0.25, 0.3) is 0 Å². The summed E-state index contributed by atoms with van der Waals surface area (Å²) in [5.74, 6) is 0.294. The van der Waals surface area contributed by atoms with E-state index < -0.39 is 17.9 Å². The van der Waals surface area contributed by atoms with Gasteiger partial charge in [-0.1, -0.05) is 0 Å².